The molecule has 0 unspecified atom stereocenters. The Kier molecular flexibility index (Phi) is 6.93. The second-order valence-electron chi connectivity index (χ2n) is 6.21. The number of amides is 1. The van der Waals surface area contributed by atoms with Crippen LogP contribution in [0.25, 0.3) is 0 Å². The third-order valence-electron chi connectivity index (χ3n) is 4.20. The quantitative estimate of drug-likeness (QED) is 0.659. The van der Waals surface area contributed by atoms with Gasteiger partial charge in [0.1, 0.15) is 10.6 Å². The van der Waals surface area contributed by atoms with Crippen LogP contribution in [0.5, 0.6) is 5.75 Å². The number of nitrogens with zero attached hydrogens (tertiary/aromatic N) is 2. The van der Waals surface area contributed by atoms with Gasteiger partial charge in [-0.2, -0.15) is 4.31 Å². The van der Waals surface area contributed by atoms with Gasteiger partial charge in [0, 0.05) is 25.0 Å². The van der Waals surface area contributed by atoms with Gasteiger partial charge in [-0.05, 0) is 50.1 Å². The molecule has 1 aromatic carbocycles. The van der Waals surface area contributed by atoms with Gasteiger partial charge in [-0.3, -0.25) is 4.79 Å². The van der Waals surface area contributed by atoms with E-state index in [0.717, 1.165) is 17.9 Å². The van der Waals surface area contributed by atoms with Crippen molar-refractivity contribution in [1.82, 2.24) is 9.29 Å². The largest absolute Gasteiger partial charge is 0.492 e. The van der Waals surface area contributed by atoms with Crippen molar-refractivity contribution in [3.8, 4) is 5.75 Å². The van der Waals surface area contributed by atoms with E-state index in [1.54, 1.807) is 25.3 Å². The Morgan fingerprint density at radius 2 is 2.04 bits per heavy atom. The Bertz CT molecular complexity index is 914. The summed E-state index contributed by atoms with van der Waals surface area (Å²) in [5.74, 6) is 0.248. The molecule has 9 heteroatoms. The lowest BCUT2D eigenvalue weighted by molar-refractivity contribution is -0.113. The maximum Gasteiger partial charge on any atom is 0.246 e. The topological polar surface area (TPSA) is 88.6 Å². The Labute approximate surface area is 169 Å². The van der Waals surface area contributed by atoms with Gasteiger partial charge < -0.3 is 10.1 Å². The highest BCUT2D eigenvalue weighted by Gasteiger charge is 2.30. The molecule has 0 radical (unpaired) electrons. The zero-order valence-electron chi connectivity index (χ0n) is 15.6. The van der Waals surface area contributed by atoms with Crippen LogP contribution < -0.4 is 10.1 Å². The van der Waals surface area contributed by atoms with Crippen molar-refractivity contribution < 1.29 is 17.9 Å². The number of anilines is 1. The van der Waals surface area contributed by atoms with Crippen LogP contribution in [-0.4, -0.2) is 49.1 Å². The smallest absolute Gasteiger partial charge is 0.246 e. The number of carbonyl (C=O) groups is 1. The van der Waals surface area contributed by atoms with Crippen molar-refractivity contribution in [1.29, 1.82) is 0 Å². The second kappa shape index (κ2) is 9.40. The predicted molar refractivity (Wildman–Crippen MR) is 109 cm³/mol. The van der Waals surface area contributed by atoms with Crippen LogP contribution in [0.3, 0.4) is 0 Å². The molecule has 1 aromatic heterocycles. The lowest BCUT2D eigenvalue weighted by Gasteiger charge is -2.19. The second-order valence-corrected chi connectivity index (χ2v) is 9.11. The standard InChI is InChI=1S/C19H23N3O4S2/c1-2-26-16-9-8-15(13-17(16)28(24,25)22-11-5-6-12-22)21-18(23)14-27-19-7-3-4-10-20-19/h3-4,7-10,13H,2,5-6,11-12,14H2,1H3,(H,21,23). The number of sulfonamides is 1. The maximum absolute atomic E-state index is 13.0. The van der Waals surface area contributed by atoms with E-state index in [1.165, 1.54) is 22.1 Å². The van der Waals surface area contributed by atoms with Crippen LogP contribution in [0.4, 0.5) is 5.69 Å². The molecule has 1 saturated heterocycles. The van der Waals surface area contributed by atoms with Gasteiger partial charge in [0.15, 0.2) is 0 Å². The molecular formula is C19H23N3O4S2. The lowest BCUT2D eigenvalue weighted by Crippen LogP contribution is -2.28. The van der Waals surface area contributed by atoms with Crippen molar-refractivity contribution in [2.45, 2.75) is 29.7 Å². The molecule has 2 heterocycles. The van der Waals surface area contributed by atoms with Crippen LogP contribution in [0.1, 0.15) is 19.8 Å². The van der Waals surface area contributed by atoms with Gasteiger partial charge in [0.05, 0.1) is 17.4 Å². The first kappa shape index (κ1) is 20.6. The van der Waals surface area contributed by atoms with E-state index >= 15 is 0 Å². The van der Waals surface area contributed by atoms with Crippen molar-refractivity contribution in [2.75, 3.05) is 30.8 Å². The Balaban J connectivity index is 1.75. The molecule has 1 N–H and O–H groups in total. The van der Waals surface area contributed by atoms with Gasteiger partial charge in [0.25, 0.3) is 0 Å². The number of rotatable bonds is 8. The van der Waals surface area contributed by atoms with Crippen LogP contribution in [0, 0.1) is 0 Å². The summed E-state index contributed by atoms with van der Waals surface area (Å²) in [6.45, 7) is 3.17. The third-order valence-corrected chi connectivity index (χ3v) is 7.06. The van der Waals surface area contributed by atoms with Crippen molar-refractivity contribution in [3.63, 3.8) is 0 Å². The van der Waals surface area contributed by atoms with Crippen molar-refractivity contribution in [2.24, 2.45) is 0 Å². The summed E-state index contributed by atoms with van der Waals surface area (Å²) in [6.07, 6.45) is 3.37. The Morgan fingerprint density at radius 3 is 2.71 bits per heavy atom. The number of hydrogen-bond donors (Lipinski definition) is 1. The molecule has 2 aromatic rings. The summed E-state index contributed by atoms with van der Waals surface area (Å²) in [7, 11) is -3.66. The average Bonchev–Trinajstić information content (AvgIpc) is 3.24. The highest BCUT2D eigenvalue weighted by Crippen LogP contribution is 2.31. The van der Waals surface area contributed by atoms with E-state index in [2.05, 4.69) is 10.3 Å². The van der Waals surface area contributed by atoms with E-state index in [1.807, 2.05) is 18.2 Å². The van der Waals surface area contributed by atoms with E-state index in [0.29, 0.717) is 31.1 Å². The van der Waals surface area contributed by atoms with Crippen LogP contribution in [-0.2, 0) is 14.8 Å². The molecule has 7 nitrogen and oxygen atoms in total. The summed E-state index contributed by atoms with van der Waals surface area (Å²) < 4.78 is 33.0. The first-order chi connectivity index (χ1) is 13.5. The zero-order valence-corrected chi connectivity index (χ0v) is 17.3. The summed E-state index contributed by atoms with van der Waals surface area (Å²) in [5.41, 5.74) is 0.424. The average molecular weight is 422 g/mol. The fraction of sp³-hybridized carbons (Fsp3) is 0.368. The van der Waals surface area contributed by atoms with E-state index < -0.39 is 10.0 Å². The molecule has 28 heavy (non-hydrogen) atoms. The highest BCUT2D eigenvalue weighted by atomic mass is 32.2. The molecule has 1 amide bonds. The predicted octanol–water partition coefficient (Wildman–Crippen LogP) is 3.00. The molecular weight excluding hydrogens is 398 g/mol. The molecule has 0 spiro atoms. The van der Waals surface area contributed by atoms with Crippen molar-refractivity contribution in [3.05, 3.63) is 42.6 Å². The summed E-state index contributed by atoms with van der Waals surface area (Å²) in [4.78, 5) is 16.5. The molecule has 0 saturated carbocycles. The van der Waals surface area contributed by atoms with Crippen LogP contribution in [0.2, 0.25) is 0 Å². The molecule has 1 aliphatic heterocycles. The fourth-order valence-electron chi connectivity index (χ4n) is 2.90. The van der Waals surface area contributed by atoms with E-state index in [9.17, 15) is 13.2 Å². The molecule has 0 atom stereocenters. The van der Waals surface area contributed by atoms with Gasteiger partial charge in [-0.15, -0.1) is 0 Å². The summed E-state index contributed by atoms with van der Waals surface area (Å²) in [6, 6.07) is 10.2. The SMILES string of the molecule is CCOc1ccc(NC(=O)CSc2ccccn2)cc1S(=O)(=O)N1CCCC1. The van der Waals surface area contributed by atoms with Gasteiger partial charge in [0.2, 0.25) is 15.9 Å². The number of pyridine rings is 1. The summed E-state index contributed by atoms with van der Waals surface area (Å²) >= 11 is 1.31. The minimum absolute atomic E-state index is 0.0893. The molecule has 0 bridgehead atoms. The first-order valence-corrected chi connectivity index (χ1v) is 11.5. The minimum Gasteiger partial charge on any atom is -0.492 e. The van der Waals surface area contributed by atoms with Crippen LogP contribution in [0.15, 0.2) is 52.5 Å². The lowest BCUT2D eigenvalue weighted by atomic mass is 10.3. The fourth-order valence-corrected chi connectivity index (χ4v) is 5.23. The first-order valence-electron chi connectivity index (χ1n) is 9.11. The number of aromatic nitrogens is 1. The third kappa shape index (κ3) is 5.03. The Hall–Kier alpha value is -2.10. The number of ether oxygens (including phenoxy) is 1. The van der Waals surface area contributed by atoms with Gasteiger partial charge >= 0.3 is 0 Å². The molecule has 0 aliphatic carbocycles. The van der Waals surface area contributed by atoms with Crippen molar-refractivity contribution >= 4 is 33.4 Å². The molecule has 150 valence electrons. The van der Waals surface area contributed by atoms with E-state index in [-0.39, 0.29) is 16.6 Å². The number of nitrogens with one attached hydrogen (secondary N) is 1. The minimum atomic E-state index is -3.66. The number of hydrogen-bond acceptors (Lipinski definition) is 6. The highest BCUT2D eigenvalue weighted by molar-refractivity contribution is 7.99. The van der Waals surface area contributed by atoms with Gasteiger partial charge in [-0.25, -0.2) is 13.4 Å². The summed E-state index contributed by atoms with van der Waals surface area (Å²) in [5, 5.41) is 3.51. The number of thioether (sulfide) groups is 1. The molecule has 1 fully saturated rings. The molecule has 1 aliphatic rings. The maximum atomic E-state index is 13.0. The zero-order chi connectivity index (χ0) is 20.0. The molecule has 3 rings (SSSR count). The van der Waals surface area contributed by atoms with Gasteiger partial charge in [-0.1, -0.05) is 17.8 Å². The number of benzene rings is 1. The Morgan fingerprint density at radius 1 is 1.25 bits per heavy atom. The number of carbonyl (C=O) groups excluding carboxylic acids is 1. The normalized spacial score (nSPS) is 14.8. The van der Waals surface area contributed by atoms with Crippen LogP contribution >= 0.6 is 11.8 Å². The van der Waals surface area contributed by atoms with E-state index in [4.69, 9.17) is 4.74 Å². The monoisotopic (exact) mass is 421 g/mol.